The fourth-order valence-corrected chi connectivity index (χ4v) is 0.178. The molecule has 0 aliphatic carbocycles. The van der Waals surface area contributed by atoms with Crippen LogP contribution in [0.4, 0.5) is 0 Å². The van der Waals surface area contributed by atoms with Crippen molar-refractivity contribution >= 4 is 6.29 Å². The number of aliphatic hydroxyl groups excluding tert-OH is 3. The molecule has 0 aromatic heterocycles. The molecule has 0 rings (SSSR count). The number of carbonyl (C=O) groups excluding carboxylic acids is 1. The van der Waals surface area contributed by atoms with Gasteiger partial charge in [-0.2, -0.15) is 0 Å². The van der Waals surface area contributed by atoms with Crippen LogP contribution in [0.25, 0.3) is 0 Å². The van der Waals surface area contributed by atoms with Crippen molar-refractivity contribution in [1.82, 2.24) is 0 Å². The first-order valence-electron chi connectivity index (χ1n) is 2.07. The minimum atomic E-state index is -1.58. The zero-order valence-electron chi connectivity index (χ0n) is 4.11. The van der Waals surface area contributed by atoms with Crippen LogP contribution in [-0.2, 0) is 4.79 Å². The first-order valence-corrected chi connectivity index (χ1v) is 2.07. The summed E-state index contributed by atoms with van der Waals surface area (Å²) in [4.78, 5) is 9.46. The summed E-state index contributed by atoms with van der Waals surface area (Å²) in [6, 6.07) is 0. The lowest BCUT2D eigenvalue weighted by atomic mass is 10.2. The van der Waals surface area contributed by atoms with Crippen LogP contribution in [0.3, 0.4) is 0 Å². The number of aliphatic hydroxyl groups is 3. The second kappa shape index (κ2) is 3.54. The van der Waals surface area contributed by atoms with E-state index in [9.17, 15) is 4.79 Å². The number of rotatable bonds is 3. The molecule has 8 heavy (non-hydrogen) atoms. The van der Waals surface area contributed by atoms with Gasteiger partial charge in [-0.15, -0.1) is 0 Å². The third kappa shape index (κ3) is 2.02. The number of hydrogen-bond donors (Lipinski definition) is 3. The van der Waals surface area contributed by atoms with Crippen LogP contribution in [-0.4, -0.2) is 40.4 Å². The summed E-state index contributed by atoms with van der Waals surface area (Å²) in [5.41, 5.74) is 0. The average Bonchev–Trinajstić information content (AvgIpc) is 1.84. The molecule has 0 saturated carbocycles. The molecule has 0 saturated heterocycles. The summed E-state index contributed by atoms with van der Waals surface area (Å²) in [6.45, 7) is -0.629. The van der Waals surface area contributed by atoms with Crippen LogP contribution in [0.15, 0.2) is 0 Å². The molecule has 0 fully saturated rings. The van der Waals surface area contributed by atoms with Crippen LogP contribution in [0.2, 0.25) is 0 Å². The van der Waals surface area contributed by atoms with Crippen molar-refractivity contribution in [3.05, 3.63) is 0 Å². The van der Waals surface area contributed by atoms with E-state index in [0.29, 0.717) is 0 Å². The van der Waals surface area contributed by atoms with Crippen LogP contribution >= 0.6 is 0 Å². The Kier molecular flexibility index (Phi) is 3.34. The molecule has 0 heterocycles. The lowest BCUT2D eigenvalue weighted by Crippen LogP contribution is -2.30. The average molecular weight is 119 g/mol. The van der Waals surface area contributed by atoms with Crippen LogP contribution < -0.4 is 0 Å². The Morgan fingerprint density at radius 3 is 2.12 bits per heavy atom. The molecule has 2 atom stereocenters. The van der Waals surface area contributed by atoms with Crippen molar-refractivity contribution in [2.45, 2.75) is 12.2 Å². The van der Waals surface area contributed by atoms with Gasteiger partial charge in [0, 0.05) is 0 Å². The van der Waals surface area contributed by atoms with E-state index in [1.807, 2.05) is 0 Å². The maximum absolute atomic E-state index is 9.46. The topological polar surface area (TPSA) is 77.8 Å². The van der Waals surface area contributed by atoms with Gasteiger partial charge in [0.15, 0.2) is 0 Å². The Hall–Kier alpha value is -0.450. The van der Waals surface area contributed by atoms with Crippen molar-refractivity contribution in [1.29, 1.82) is 0 Å². The highest BCUT2D eigenvalue weighted by molar-refractivity contribution is 5.57. The third-order valence-corrected chi connectivity index (χ3v) is 0.672. The van der Waals surface area contributed by atoms with Gasteiger partial charge in [-0.05, 0) is 0 Å². The smallest absolute Gasteiger partial charge is 0.232 e. The zero-order valence-corrected chi connectivity index (χ0v) is 4.11. The Labute approximate surface area is 46.4 Å². The van der Waals surface area contributed by atoms with E-state index >= 15 is 0 Å². The molecular weight excluding hydrogens is 112 g/mol. The highest BCUT2D eigenvalue weighted by Crippen LogP contribution is 1.85. The van der Waals surface area contributed by atoms with Crippen molar-refractivity contribution in [2.24, 2.45) is 0 Å². The SMILES string of the molecule is O=[C][C@H](O)[C@@H](O)CO. The van der Waals surface area contributed by atoms with Gasteiger partial charge in [0.05, 0.1) is 6.61 Å². The van der Waals surface area contributed by atoms with Gasteiger partial charge in [0.2, 0.25) is 6.29 Å². The molecule has 3 N–H and O–H groups in total. The van der Waals surface area contributed by atoms with Crippen molar-refractivity contribution in [3.8, 4) is 0 Å². The van der Waals surface area contributed by atoms with E-state index in [-0.39, 0.29) is 0 Å². The Balaban J connectivity index is 3.44. The zero-order chi connectivity index (χ0) is 6.57. The predicted molar refractivity (Wildman–Crippen MR) is 24.8 cm³/mol. The van der Waals surface area contributed by atoms with E-state index in [4.69, 9.17) is 15.3 Å². The monoisotopic (exact) mass is 119 g/mol. The van der Waals surface area contributed by atoms with Crippen molar-refractivity contribution < 1.29 is 20.1 Å². The number of hydrogen-bond acceptors (Lipinski definition) is 4. The highest BCUT2D eigenvalue weighted by atomic mass is 16.4. The van der Waals surface area contributed by atoms with E-state index in [1.165, 1.54) is 0 Å². The standard InChI is InChI=1S/C4H7O4/c5-1-3(7)4(8)2-6/h3-5,7-8H,1H2/t3-,4-/m0/s1. The normalized spacial score (nSPS) is 17.4. The molecule has 4 heteroatoms. The second-order valence-electron chi connectivity index (χ2n) is 1.31. The summed E-state index contributed by atoms with van der Waals surface area (Å²) in [6.07, 6.45) is -1.87. The van der Waals surface area contributed by atoms with Crippen molar-refractivity contribution in [2.75, 3.05) is 6.61 Å². The van der Waals surface area contributed by atoms with E-state index < -0.39 is 18.8 Å². The third-order valence-electron chi connectivity index (χ3n) is 0.672. The summed E-state index contributed by atoms with van der Waals surface area (Å²) in [7, 11) is 0. The van der Waals surface area contributed by atoms with Gasteiger partial charge in [0.1, 0.15) is 12.2 Å². The molecule has 0 bridgehead atoms. The maximum atomic E-state index is 9.46. The van der Waals surface area contributed by atoms with E-state index in [0.717, 1.165) is 6.29 Å². The van der Waals surface area contributed by atoms with Gasteiger partial charge in [-0.1, -0.05) is 0 Å². The quantitative estimate of drug-likeness (QED) is 0.394. The van der Waals surface area contributed by atoms with Crippen LogP contribution in [0, 0.1) is 0 Å². The van der Waals surface area contributed by atoms with Crippen molar-refractivity contribution in [3.63, 3.8) is 0 Å². The first kappa shape index (κ1) is 7.55. The predicted octanol–water partition coefficient (Wildman–Crippen LogP) is -2.19. The fraction of sp³-hybridized carbons (Fsp3) is 0.750. The molecule has 0 aromatic rings. The molecule has 0 unspecified atom stereocenters. The van der Waals surface area contributed by atoms with E-state index in [2.05, 4.69) is 0 Å². The minimum Gasteiger partial charge on any atom is -0.394 e. The molecule has 0 aliphatic heterocycles. The lowest BCUT2D eigenvalue weighted by Gasteiger charge is -2.05. The summed E-state index contributed by atoms with van der Waals surface area (Å²) >= 11 is 0. The lowest BCUT2D eigenvalue weighted by molar-refractivity contribution is 0.0174. The summed E-state index contributed by atoms with van der Waals surface area (Å²) < 4.78 is 0. The van der Waals surface area contributed by atoms with Gasteiger partial charge in [-0.25, -0.2) is 0 Å². The first-order chi connectivity index (χ1) is 3.72. The Morgan fingerprint density at radius 2 is 2.00 bits per heavy atom. The van der Waals surface area contributed by atoms with Crippen LogP contribution in [0.1, 0.15) is 0 Å². The van der Waals surface area contributed by atoms with Crippen LogP contribution in [0.5, 0.6) is 0 Å². The molecule has 0 amide bonds. The molecule has 1 radical (unpaired) electrons. The molecule has 0 aromatic carbocycles. The van der Waals surface area contributed by atoms with E-state index in [1.54, 1.807) is 0 Å². The van der Waals surface area contributed by atoms with Gasteiger partial charge >= 0.3 is 0 Å². The van der Waals surface area contributed by atoms with Gasteiger partial charge in [0.25, 0.3) is 0 Å². The fourth-order valence-electron chi connectivity index (χ4n) is 0.178. The highest BCUT2D eigenvalue weighted by Gasteiger charge is 2.13. The summed E-state index contributed by atoms with van der Waals surface area (Å²) in [5, 5.41) is 24.7. The molecule has 4 nitrogen and oxygen atoms in total. The Bertz CT molecular complexity index is 72.4. The minimum absolute atomic E-state index is 0.629. The largest absolute Gasteiger partial charge is 0.394 e. The second-order valence-corrected chi connectivity index (χ2v) is 1.31. The Morgan fingerprint density at radius 1 is 1.50 bits per heavy atom. The van der Waals surface area contributed by atoms with Gasteiger partial charge in [-0.3, -0.25) is 4.79 Å². The maximum Gasteiger partial charge on any atom is 0.232 e. The molecular formula is C4H7O4. The van der Waals surface area contributed by atoms with Gasteiger partial charge < -0.3 is 15.3 Å². The molecule has 47 valence electrons. The molecule has 0 spiro atoms. The molecule has 0 aliphatic rings. The summed E-state index contributed by atoms with van der Waals surface area (Å²) in [5.74, 6) is 0.